The summed E-state index contributed by atoms with van der Waals surface area (Å²) in [6.45, 7) is 0. The van der Waals surface area contributed by atoms with Gasteiger partial charge in [0.05, 0.1) is 11.1 Å². The smallest absolute Gasteiger partial charge is 0.235 e. The molecule has 21 heavy (non-hydrogen) atoms. The first-order valence-electron chi connectivity index (χ1n) is 6.78. The van der Waals surface area contributed by atoms with Gasteiger partial charge in [-0.1, -0.05) is 0 Å². The molecule has 0 atom stereocenters. The number of nitrogens with one attached hydrogen (secondary N) is 1. The molecule has 1 aromatic carbocycles. The van der Waals surface area contributed by atoms with Gasteiger partial charge in [-0.2, -0.15) is 5.26 Å². The fraction of sp³-hybridized carbons (Fsp3) is 0.250. The van der Waals surface area contributed by atoms with E-state index in [2.05, 4.69) is 11.4 Å². The molecule has 1 saturated carbocycles. The first-order chi connectivity index (χ1) is 10.1. The quantitative estimate of drug-likeness (QED) is 0.873. The Morgan fingerprint density at radius 2 is 2.14 bits per heavy atom. The van der Waals surface area contributed by atoms with Gasteiger partial charge in [-0.05, 0) is 42.7 Å². The molecule has 1 amide bonds. The summed E-state index contributed by atoms with van der Waals surface area (Å²) in [5, 5.41) is 11.7. The molecule has 0 unspecified atom stereocenters. The number of nitrogens with zero attached hydrogens (tertiary/aromatic N) is 2. The van der Waals surface area contributed by atoms with Crippen molar-refractivity contribution in [2.24, 2.45) is 7.05 Å². The molecular formula is C16H12FN3O. The number of hydrogen-bond acceptors (Lipinski definition) is 2. The fourth-order valence-corrected chi connectivity index (χ4v) is 3.15. The lowest BCUT2D eigenvalue weighted by Crippen LogP contribution is -2.18. The van der Waals surface area contributed by atoms with Crippen LogP contribution in [-0.2, 0) is 17.3 Å². The first-order valence-corrected chi connectivity index (χ1v) is 6.78. The van der Waals surface area contributed by atoms with Gasteiger partial charge in [0.2, 0.25) is 5.91 Å². The predicted octanol–water partition coefficient (Wildman–Crippen LogP) is 2.69. The van der Waals surface area contributed by atoms with E-state index < -0.39 is 11.2 Å². The molecule has 2 aliphatic rings. The first kappa shape index (κ1) is 12.2. The number of anilines is 1. The van der Waals surface area contributed by atoms with Gasteiger partial charge < -0.3 is 9.88 Å². The number of hydrogen-bond donors (Lipinski definition) is 1. The molecule has 104 valence electrons. The number of benzene rings is 1. The Hall–Kier alpha value is -2.61. The Morgan fingerprint density at radius 3 is 2.76 bits per heavy atom. The maximum atomic E-state index is 14.3. The molecule has 0 bridgehead atoms. The van der Waals surface area contributed by atoms with Crippen LogP contribution in [-0.4, -0.2) is 10.5 Å². The van der Waals surface area contributed by atoms with E-state index in [1.54, 1.807) is 23.7 Å². The monoisotopic (exact) mass is 281 g/mol. The summed E-state index contributed by atoms with van der Waals surface area (Å²) >= 11 is 0. The highest BCUT2D eigenvalue weighted by Crippen LogP contribution is 2.56. The van der Waals surface area contributed by atoms with Crippen molar-refractivity contribution in [3.05, 3.63) is 41.3 Å². The van der Waals surface area contributed by atoms with E-state index in [0.717, 1.165) is 24.1 Å². The van der Waals surface area contributed by atoms with Gasteiger partial charge in [-0.25, -0.2) is 4.39 Å². The minimum Gasteiger partial charge on any atom is -0.335 e. The summed E-state index contributed by atoms with van der Waals surface area (Å²) in [4.78, 5) is 12.0. The number of carbonyl (C=O) groups is 1. The second kappa shape index (κ2) is 3.73. The van der Waals surface area contributed by atoms with Crippen LogP contribution >= 0.6 is 0 Å². The SMILES string of the molecule is Cn1c(C#N)ccc1-c1cc(F)c2c(c1)C1(CC1)C(=O)N2. The van der Waals surface area contributed by atoms with Crippen molar-refractivity contribution in [2.45, 2.75) is 18.3 Å². The highest BCUT2D eigenvalue weighted by atomic mass is 19.1. The molecule has 4 rings (SSSR count). The van der Waals surface area contributed by atoms with Crippen LogP contribution in [0.2, 0.25) is 0 Å². The summed E-state index contributed by atoms with van der Waals surface area (Å²) in [5.41, 5.74) is 2.52. The van der Waals surface area contributed by atoms with Crippen LogP contribution in [0.1, 0.15) is 24.1 Å². The summed E-state index contributed by atoms with van der Waals surface area (Å²) in [7, 11) is 1.77. The van der Waals surface area contributed by atoms with Crippen LogP contribution in [0.15, 0.2) is 24.3 Å². The average Bonchev–Trinajstić information content (AvgIpc) is 3.11. The molecule has 1 aliphatic heterocycles. The molecule has 1 aliphatic carbocycles. The van der Waals surface area contributed by atoms with Crippen LogP contribution in [0, 0.1) is 17.1 Å². The van der Waals surface area contributed by atoms with Crippen LogP contribution in [0.5, 0.6) is 0 Å². The molecule has 4 nitrogen and oxygen atoms in total. The highest BCUT2D eigenvalue weighted by Gasteiger charge is 2.57. The molecule has 0 saturated heterocycles. The van der Waals surface area contributed by atoms with Gasteiger partial charge in [0.1, 0.15) is 17.6 Å². The summed E-state index contributed by atoms with van der Waals surface area (Å²) in [5.74, 6) is -0.516. The van der Waals surface area contributed by atoms with Crippen molar-refractivity contribution in [1.82, 2.24) is 4.57 Å². The Bertz CT molecular complexity index is 840. The van der Waals surface area contributed by atoms with Crippen molar-refractivity contribution >= 4 is 11.6 Å². The Balaban J connectivity index is 1.92. The zero-order chi connectivity index (χ0) is 14.8. The van der Waals surface area contributed by atoms with Gasteiger partial charge in [0, 0.05) is 18.3 Å². The number of aromatic nitrogens is 1. The molecule has 5 heteroatoms. The van der Waals surface area contributed by atoms with Crippen molar-refractivity contribution in [1.29, 1.82) is 5.26 Å². The van der Waals surface area contributed by atoms with Crippen molar-refractivity contribution in [2.75, 3.05) is 5.32 Å². The lowest BCUT2D eigenvalue weighted by atomic mass is 9.95. The Morgan fingerprint density at radius 1 is 1.38 bits per heavy atom. The minimum atomic E-state index is -0.518. The third-order valence-electron chi connectivity index (χ3n) is 4.56. The molecule has 1 aromatic heterocycles. The van der Waals surface area contributed by atoms with E-state index in [0.29, 0.717) is 16.9 Å². The number of halogens is 1. The van der Waals surface area contributed by atoms with Crippen LogP contribution in [0.3, 0.4) is 0 Å². The van der Waals surface area contributed by atoms with E-state index in [4.69, 9.17) is 5.26 Å². The van der Waals surface area contributed by atoms with Gasteiger partial charge >= 0.3 is 0 Å². The van der Waals surface area contributed by atoms with Gasteiger partial charge in [0.25, 0.3) is 0 Å². The summed E-state index contributed by atoms with van der Waals surface area (Å²) in [6.07, 6.45) is 1.54. The molecule has 2 aromatic rings. The molecule has 0 radical (unpaired) electrons. The van der Waals surface area contributed by atoms with Gasteiger partial charge in [0.15, 0.2) is 0 Å². The second-order valence-electron chi connectivity index (χ2n) is 5.69. The van der Waals surface area contributed by atoms with Crippen LogP contribution in [0.25, 0.3) is 11.3 Å². The predicted molar refractivity (Wildman–Crippen MR) is 75.1 cm³/mol. The van der Waals surface area contributed by atoms with Crippen molar-refractivity contribution in [3.8, 4) is 17.3 Å². The Labute approximate surface area is 120 Å². The lowest BCUT2D eigenvalue weighted by Gasteiger charge is -2.10. The maximum absolute atomic E-state index is 14.3. The van der Waals surface area contributed by atoms with Gasteiger partial charge in [-0.3, -0.25) is 4.79 Å². The third kappa shape index (κ3) is 1.44. The van der Waals surface area contributed by atoms with E-state index in [-0.39, 0.29) is 5.91 Å². The second-order valence-corrected chi connectivity index (χ2v) is 5.69. The molecule has 1 fully saturated rings. The van der Waals surface area contributed by atoms with E-state index in [1.165, 1.54) is 6.07 Å². The summed E-state index contributed by atoms with van der Waals surface area (Å²) in [6, 6.07) is 8.88. The molecule has 1 N–H and O–H groups in total. The van der Waals surface area contributed by atoms with Crippen LogP contribution in [0.4, 0.5) is 10.1 Å². The largest absolute Gasteiger partial charge is 0.335 e. The zero-order valence-electron chi connectivity index (χ0n) is 11.4. The lowest BCUT2D eigenvalue weighted by molar-refractivity contribution is -0.117. The van der Waals surface area contributed by atoms with Crippen molar-refractivity contribution < 1.29 is 9.18 Å². The van der Waals surface area contributed by atoms with Gasteiger partial charge in [-0.15, -0.1) is 0 Å². The molecule has 2 heterocycles. The van der Waals surface area contributed by atoms with Crippen LogP contribution < -0.4 is 5.32 Å². The average molecular weight is 281 g/mol. The number of carbonyl (C=O) groups excluding carboxylic acids is 1. The Kier molecular flexibility index (Phi) is 2.16. The number of rotatable bonds is 1. The normalized spacial score (nSPS) is 17.5. The third-order valence-corrected chi connectivity index (χ3v) is 4.56. The standard InChI is InChI=1S/C16H12FN3O/c1-20-10(8-18)2-3-13(20)9-6-11-14(12(17)7-9)19-15(21)16(11)4-5-16/h2-3,6-7H,4-5H2,1H3,(H,19,21). The number of fused-ring (bicyclic) bond motifs is 2. The minimum absolute atomic E-state index is 0.0989. The van der Waals surface area contributed by atoms with E-state index in [9.17, 15) is 9.18 Å². The summed E-state index contributed by atoms with van der Waals surface area (Å²) < 4.78 is 16.0. The van der Waals surface area contributed by atoms with E-state index in [1.807, 2.05) is 6.07 Å². The molecule has 1 spiro atoms. The number of amides is 1. The van der Waals surface area contributed by atoms with E-state index >= 15 is 0 Å². The highest BCUT2D eigenvalue weighted by molar-refractivity contribution is 6.08. The van der Waals surface area contributed by atoms with Crippen molar-refractivity contribution in [3.63, 3.8) is 0 Å². The topological polar surface area (TPSA) is 57.8 Å². The zero-order valence-corrected chi connectivity index (χ0v) is 11.4. The fourth-order valence-electron chi connectivity index (χ4n) is 3.15. The maximum Gasteiger partial charge on any atom is 0.235 e. The number of nitriles is 1. The molecular weight excluding hydrogens is 269 g/mol.